The highest BCUT2D eigenvalue weighted by atomic mass is 35.5. The highest BCUT2D eigenvalue weighted by Gasteiger charge is 2.47. The molecule has 0 heterocycles. The summed E-state index contributed by atoms with van der Waals surface area (Å²) < 4.78 is 26.5. The molecule has 0 radical (unpaired) electrons. The van der Waals surface area contributed by atoms with E-state index in [0.717, 1.165) is 0 Å². The van der Waals surface area contributed by atoms with Crippen LogP contribution in [0.1, 0.15) is 19.3 Å². The fraction of sp³-hybridized carbons (Fsp3) is 0.364. The van der Waals surface area contributed by atoms with Gasteiger partial charge in [-0.1, -0.05) is 23.7 Å². The van der Waals surface area contributed by atoms with E-state index in [1.165, 1.54) is 18.2 Å². The van der Waals surface area contributed by atoms with Crippen molar-refractivity contribution in [2.75, 3.05) is 0 Å². The number of sulfonamides is 1. The third kappa shape index (κ3) is 2.23. The smallest absolute Gasteiger partial charge is 0.324 e. The van der Waals surface area contributed by atoms with E-state index in [9.17, 15) is 13.2 Å². The number of carboxylic acid groups (broad SMARTS) is 1. The summed E-state index contributed by atoms with van der Waals surface area (Å²) >= 11 is 5.81. The van der Waals surface area contributed by atoms with Gasteiger partial charge in [-0.15, -0.1) is 0 Å². The van der Waals surface area contributed by atoms with Crippen LogP contribution in [0.15, 0.2) is 29.2 Å². The summed E-state index contributed by atoms with van der Waals surface area (Å²) in [6.07, 6.45) is 1.29. The Labute approximate surface area is 110 Å². The Morgan fingerprint density at radius 1 is 1.33 bits per heavy atom. The molecule has 2 rings (SSSR count). The monoisotopic (exact) mass is 289 g/mol. The van der Waals surface area contributed by atoms with Gasteiger partial charge in [0.25, 0.3) is 0 Å². The number of carboxylic acids is 1. The second kappa shape index (κ2) is 4.53. The summed E-state index contributed by atoms with van der Waals surface area (Å²) in [5.74, 6) is -1.15. The molecular formula is C11H12ClNO4S. The Balaban J connectivity index is 2.34. The van der Waals surface area contributed by atoms with Crippen molar-refractivity contribution in [1.29, 1.82) is 0 Å². The minimum atomic E-state index is -3.92. The summed E-state index contributed by atoms with van der Waals surface area (Å²) in [6, 6.07) is 5.94. The number of carbonyl (C=O) groups is 1. The molecule has 7 heteroatoms. The number of rotatable bonds is 4. The van der Waals surface area contributed by atoms with E-state index >= 15 is 0 Å². The van der Waals surface area contributed by atoms with Crippen LogP contribution >= 0.6 is 11.6 Å². The number of hydrogen-bond donors (Lipinski definition) is 2. The van der Waals surface area contributed by atoms with Gasteiger partial charge in [0, 0.05) is 0 Å². The Kier molecular flexibility index (Phi) is 3.35. The molecule has 18 heavy (non-hydrogen) atoms. The molecule has 1 aliphatic carbocycles. The van der Waals surface area contributed by atoms with Gasteiger partial charge in [0.05, 0.1) is 5.02 Å². The van der Waals surface area contributed by atoms with E-state index in [4.69, 9.17) is 16.7 Å². The molecule has 98 valence electrons. The lowest BCUT2D eigenvalue weighted by molar-refractivity contribution is -0.147. The van der Waals surface area contributed by atoms with Crippen LogP contribution in [0.3, 0.4) is 0 Å². The number of hydrogen-bond acceptors (Lipinski definition) is 3. The molecule has 0 spiro atoms. The molecule has 1 aromatic rings. The lowest BCUT2D eigenvalue weighted by atomic mass is 9.78. The summed E-state index contributed by atoms with van der Waals surface area (Å²) in [6.45, 7) is 0. The van der Waals surface area contributed by atoms with Crippen LogP contribution in [0.4, 0.5) is 0 Å². The van der Waals surface area contributed by atoms with Gasteiger partial charge in [-0.05, 0) is 31.4 Å². The Morgan fingerprint density at radius 3 is 2.39 bits per heavy atom. The van der Waals surface area contributed by atoms with Gasteiger partial charge in [-0.2, -0.15) is 4.72 Å². The molecule has 0 atom stereocenters. The van der Waals surface area contributed by atoms with Crippen molar-refractivity contribution in [2.45, 2.75) is 29.7 Å². The highest BCUT2D eigenvalue weighted by Crippen LogP contribution is 2.34. The number of nitrogens with one attached hydrogen (secondary N) is 1. The first-order chi connectivity index (χ1) is 8.37. The van der Waals surface area contributed by atoms with E-state index in [1.54, 1.807) is 6.07 Å². The molecule has 1 saturated carbocycles. The Hall–Kier alpha value is -1.11. The first-order valence-electron chi connectivity index (χ1n) is 5.39. The summed E-state index contributed by atoms with van der Waals surface area (Å²) in [7, 11) is -3.92. The van der Waals surface area contributed by atoms with Crippen LogP contribution in [0, 0.1) is 0 Å². The third-order valence-electron chi connectivity index (χ3n) is 3.07. The zero-order valence-electron chi connectivity index (χ0n) is 9.39. The van der Waals surface area contributed by atoms with Crippen LogP contribution in [-0.4, -0.2) is 25.0 Å². The Bertz CT molecular complexity index is 580. The van der Waals surface area contributed by atoms with Crippen LogP contribution < -0.4 is 4.72 Å². The van der Waals surface area contributed by atoms with E-state index in [1.807, 2.05) is 0 Å². The van der Waals surface area contributed by atoms with Gasteiger partial charge in [0.15, 0.2) is 0 Å². The molecule has 0 saturated heterocycles. The normalized spacial score (nSPS) is 18.1. The number of benzene rings is 1. The Morgan fingerprint density at radius 2 is 1.94 bits per heavy atom. The molecule has 1 fully saturated rings. The van der Waals surface area contributed by atoms with Crippen molar-refractivity contribution in [3.63, 3.8) is 0 Å². The standard InChI is InChI=1S/C11H12ClNO4S/c12-8-4-1-2-5-9(8)18(16,17)13-11(10(14)15)6-3-7-11/h1-2,4-5,13H,3,6-7H2,(H,14,15). The maximum atomic E-state index is 12.1. The van der Waals surface area contributed by atoms with Crippen molar-refractivity contribution >= 4 is 27.6 Å². The lowest BCUT2D eigenvalue weighted by Gasteiger charge is -2.37. The zero-order valence-corrected chi connectivity index (χ0v) is 11.0. The summed E-state index contributed by atoms with van der Waals surface area (Å²) in [5.41, 5.74) is -1.38. The largest absolute Gasteiger partial charge is 0.480 e. The van der Waals surface area contributed by atoms with Gasteiger partial charge in [-0.25, -0.2) is 8.42 Å². The number of aliphatic carboxylic acids is 1. The molecule has 1 aromatic carbocycles. The average Bonchev–Trinajstić information content (AvgIpc) is 2.23. The summed E-state index contributed by atoms with van der Waals surface area (Å²) in [4.78, 5) is 11.0. The first kappa shape index (κ1) is 13.3. The van der Waals surface area contributed by atoms with Crippen molar-refractivity contribution in [3.8, 4) is 0 Å². The predicted molar refractivity (Wildman–Crippen MR) is 66.0 cm³/mol. The minimum Gasteiger partial charge on any atom is -0.480 e. The maximum absolute atomic E-state index is 12.1. The van der Waals surface area contributed by atoms with Crippen molar-refractivity contribution in [3.05, 3.63) is 29.3 Å². The van der Waals surface area contributed by atoms with Crippen LogP contribution in [0.2, 0.25) is 5.02 Å². The molecular weight excluding hydrogens is 278 g/mol. The molecule has 0 bridgehead atoms. The first-order valence-corrected chi connectivity index (χ1v) is 7.25. The maximum Gasteiger partial charge on any atom is 0.324 e. The highest BCUT2D eigenvalue weighted by molar-refractivity contribution is 7.89. The van der Waals surface area contributed by atoms with E-state index in [0.29, 0.717) is 19.3 Å². The molecule has 0 aliphatic heterocycles. The number of halogens is 1. The molecule has 5 nitrogen and oxygen atoms in total. The second-order valence-corrected chi connectivity index (χ2v) is 6.33. The van der Waals surface area contributed by atoms with E-state index in [2.05, 4.69) is 4.72 Å². The fourth-order valence-corrected chi connectivity index (χ4v) is 3.80. The lowest BCUT2D eigenvalue weighted by Crippen LogP contribution is -2.58. The second-order valence-electron chi connectivity index (χ2n) is 4.28. The van der Waals surface area contributed by atoms with Gasteiger partial charge in [0.1, 0.15) is 10.4 Å². The molecule has 0 unspecified atom stereocenters. The van der Waals surface area contributed by atoms with E-state index in [-0.39, 0.29) is 9.92 Å². The van der Waals surface area contributed by atoms with Crippen molar-refractivity contribution in [2.24, 2.45) is 0 Å². The van der Waals surface area contributed by atoms with Gasteiger partial charge >= 0.3 is 5.97 Å². The SMILES string of the molecule is O=C(O)C1(NS(=O)(=O)c2ccccc2Cl)CCC1. The third-order valence-corrected chi connectivity index (χ3v) is 5.11. The molecule has 2 N–H and O–H groups in total. The van der Waals surface area contributed by atoms with Crippen LogP contribution in [0.5, 0.6) is 0 Å². The topological polar surface area (TPSA) is 83.5 Å². The van der Waals surface area contributed by atoms with Gasteiger partial charge in [-0.3, -0.25) is 4.79 Å². The quantitative estimate of drug-likeness (QED) is 0.882. The van der Waals surface area contributed by atoms with E-state index < -0.39 is 21.5 Å². The predicted octanol–water partition coefficient (Wildman–Crippen LogP) is 1.63. The molecule has 0 amide bonds. The van der Waals surface area contributed by atoms with Gasteiger partial charge < -0.3 is 5.11 Å². The zero-order chi connectivity index (χ0) is 13.4. The minimum absolute atomic E-state index is 0.0739. The van der Waals surface area contributed by atoms with Crippen molar-refractivity contribution < 1.29 is 18.3 Å². The molecule has 1 aliphatic rings. The van der Waals surface area contributed by atoms with Crippen LogP contribution in [0.25, 0.3) is 0 Å². The van der Waals surface area contributed by atoms with Crippen LogP contribution in [-0.2, 0) is 14.8 Å². The molecule has 0 aromatic heterocycles. The fourth-order valence-electron chi connectivity index (χ4n) is 1.86. The average molecular weight is 290 g/mol. The summed E-state index contributed by atoms with van der Waals surface area (Å²) in [5, 5.41) is 9.18. The van der Waals surface area contributed by atoms with Crippen molar-refractivity contribution in [1.82, 2.24) is 4.72 Å². The van der Waals surface area contributed by atoms with Gasteiger partial charge in [0.2, 0.25) is 10.0 Å².